The fourth-order valence-electron chi connectivity index (χ4n) is 1.64. The van der Waals surface area contributed by atoms with E-state index in [1.165, 1.54) is 12.3 Å². The molecule has 0 saturated carbocycles. The minimum Gasteiger partial charge on any atom is -0.454 e. The Kier molecular flexibility index (Phi) is 9.74. The molecule has 0 N–H and O–H groups in total. The number of carbonyl (C=O) groups excluding carboxylic acids is 1. The summed E-state index contributed by atoms with van der Waals surface area (Å²) in [5.41, 5.74) is 1.37. The van der Waals surface area contributed by atoms with Crippen LogP contribution in [0.5, 0.6) is 0 Å². The topological polar surface area (TPSA) is 41.9 Å². The molecule has 0 rings (SSSR count). The highest BCUT2D eigenvalue weighted by molar-refractivity contribution is 6.69. The van der Waals surface area contributed by atoms with Gasteiger partial charge < -0.3 is 9.64 Å². The number of carbonyl (C=O) groups is 1. The predicted molar refractivity (Wildman–Crippen MR) is 103 cm³/mol. The maximum atomic E-state index is 12.8. The highest BCUT2D eigenvalue weighted by Crippen LogP contribution is 2.20. The van der Waals surface area contributed by atoms with Crippen LogP contribution in [-0.2, 0) is 9.53 Å². The summed E-state index contributed by atoms with van der Waals surface area (Å²) in [5.74, 6) is 0.485. The number of nitrogens with zero attached hydrogens (tertiary/aromatic N) is 2. The maximum Gasteiger partial charge on any atom is 0.257 e. The molecular formula is C19H27ClN2O2. The van der Waals surface area contributed by atoms with E-state index < -0.39 is 0 Å². The molecular weight excluding hydrogens is 324 g/mol. The first-order valence-corrected chi connectivity index (χ1v) is 8.04. The lowest BCUT2D eigenvalue weighted by Gasteiger charge is -2.23. The second-order valence-corrected chi connectivity index (χ2v) is 5.93. The molecule has 0 unspecified atom stereocenters. The van der Waals surface area contributed by atoms with Gasteiger partial charge in [0.2, 0.25) is 0 Å². The molecule has 1 amide bonds. The molecule has 0 radical (unpaired) electrons. The van der Waals surface area contributed by atoms with Gasteiger partial charge in [0, 0.05) is 19.3 Å². The largest absolute Gasteiger partial charge is 0.454 e. The zero-order valence-corrected chi connectivity index (χ0v) is 16.1. The first kappa shape index (κ1) is 21.9. The minimum absolute atomic E-state index is 0.0521. The SMILES string of the molecule is C=CN=C(Cl)/C(=C\C)O/C(C=C)=C(/C=C(C)C)C(=O)N(C)C(C)C. The first-order valence-electron chi connectivity index (χ1n) is 7.67. The Labute approximate surface area is 150 Å². The Balaban J connectivity index is 6.09. The normalized spacial score (nSPS) is 13.2. The molecule has 0 bridgehead atoms. The average molecular weight is 351 g/mol. The van der Waals surface area contributed by atoms with Crippen molar-refractivity contribution < 1.29 is 9.53 Å². The van der Waals surface area contributed by atoms with Gasteiger partial charge >= 0.3 is 0 Å². The van der Waals surface area contributed by atoms with Crippen molar-refractivity contribution >= 4 is 22.7 Å². The number of likely N-dealkylation sites (N-methyl/N-ethyl adjacent to an activating group) is 1. The molecule has 0 aromatic carbocycles. The number of hydrogen-bond acceptors (Lipinski definition) is 3. The van der Waals surface area contributed by atoms with Crippen molar-refractivity contribution in [1.82, 2.24) is 4.90 Å². The molecule has 4 nitrogen and oxygen atoms in total. The van der Waals surface area contributed by atoms with Crippen LogP contribution >= 0.6 is 11.6 Å². The third kappa shape index (κ3) is 6.59. The van der Waals surface area contributed by atoms with Gasteiger partial charge in [-0.15, -0.1) is 0 Å². The van der Waals surface area contributed by atoms with Crippen LogP contribution in [0, 0.1) is 0 Å². The smallest absolute Gasteiger partial charge is 0.257 e. The van der Waals surface area contributed by atoms with Crippen molar-refractivity contribution in [2.75, 3.05) is 7.05 Å². The van der Waals surface area contributed by atoms with Gasteiger partial charge in [-0.1, -0.05) is 30.3 Å². The van der Waals surface area contributed by atoms with Gasteiger partial charge in [0.15, 0.2) is 10.9 Å². The van der Waals surface area contributed by atoms with Crippen LogP contribution in [0.3, 0.4) is 0 Å². The number of ether oxygens (including phenoxy) is 1. The predicted octanol–water partition coefficient (Wildman–Crippen LogP) is 4.96. The molecule has 0 aromatic rings. The van der Waals surface area contributed by atoms with Gasteiger partial charge in [-0.05, 0) is 52.8 Å². The molecule has 0 spiro atoms. The Hall–Kier alpha value is -2.07. The number of aliphatic imine (C=N–C) groups is 1. The standard InChI is InChI=1S/C19H27ClN2O2/c1-9-16(24-17(10-2)18(20)21-11-3)15(12-13(4)5)19(23)22(8)14(6)7/h9-12,14H,1,3H2,2,4-8H3/b16-15-,17-10+,21-18?. The molecule has 0 aliphatic heterocycles. The van der Waals surface area contributed by atoms with Crippen molar-refractivity contribution in [1.29, 1.82) is 0 Å². The van der Waals surface area contributed by atoms with Crippen LogP contribution in [0.4, 0.5) is 0 Å². The molecule has 0 atom stereocenters. The van der Waals surface area contributed by atoms with Crippen molar-refractivity contribution in [3.05, 3.63) is 60.3 Å². The lowest BCUT2D eigenvalue weighted by atomic mass is 10.1. The summed E-state index contributed by atoms with van der Waals surface area (Å²) in [6, 6.07) is 0.0521. The quantitative estimate of drug-likeness (QED) is 0.269. The van der Waals surface area contributed by atoms with E-state index >= 15 is 0 Å². The second-order valence-electron chi connectivity index (χ2n) is 5.57. The number of hydrogen-bond donors (Lipinski definition) is 0. The van der Waals surface area contributed by atoms with Crippen molar-refractivity contribution in [2.24, 2.45) is 4.99 Å². The van der Waals surface area contributed by atoms with Gasteiger partial charge in [0.25, 0.3) is 5.91 Å². The zero-order valence-electron chi connectivity index (χ0n) is 15.4. The van der Waals surface area contributed by atoms with Crippen LogP contribution in [0.2, 0.25) is 0 Å². The maximum absolute atomic E-state index is 12.8. The van der Waals surface area contributed by atoms with Crippen LogP contribution in [0.1, 0.15) is 34.6 Å². The number of halogens is 1. The minimum atomic E-state index is -0.159. The third-order valence-corrected chi connectivity index (χ3v) is 3.38. The van der Waals surface area contributed by atoms with E-state index in [9.17, 15) is 4.79 Å². The van der Waals surface area contributed by atoms with Crippen molar-refractivity contribution in [3.8, 4) is 0 Å². The Morgan fingerprint density at radius 1 is 1.29 bits per heavy atom. The van der Waals surface area contributed by atoms with Gasteiger partial charge in [0.1, 0.15) is 5.76 Å². The molecule has 5 heteroatoms. The van der Waals surface area contributed by atoms with E-state index in [1.54, 1.807) is 31.0 Å². The summed E-state index contributed by atoms with van der Waals surface area (Å²) in [7, 11) is 1.75. The molecule has 24 heavy (non-hydrogen) atoms. The Bertz CT molecular complexity index is 607. The van der Waals surface area contributed by atoms with E-state index in [2.05, 4.69) is 18.2 Å². The summed E-state index contributed by atoms with van der Waals surface area (Å²) in [4.78, 5) is 18.3. The summed E-state index contributed by atoms with van der Waals surface area (Å²) in [6.07, 6.45) is 6.24. The number of amides is 1. The summed E-state index contributed by atoms with van der Waals surface area (Å²) in [6.45, 7) is 16.7. The summed E-state index contributed by atoms with van der Waals surface area (Å²) < 4.78 is 5.80. The summed E-state index contributed by atoms with van der Waals surface area (Å²) >= 11 is 6.07. The van der Waals surface area contributed by atoms with E-state index in [0.717, 1.165) is 5.57 Å². The zero-order chi connectivity index (χ0) is 18.9. The van der Waals surface area contributed by atoms with Gasteiger partial charge in [-0.25, -0.2) is 4.99 Å². The Morgan fingerprint density at radius 2 is 1.88 bits per heavy atom. The Morgan fingerprint density at radius 3 is 2.25 bits per heavy atom. The molecule has 0 aromatic heterocycles. The van der Waals surface area contributed by atoms with Crippen molar-refractivity contribution in [3.63, 3.8) is 0 Å². The van der Waals surface area contributed by atoms with Crippen LogP contribution in [-0.4, -0.2) is 29.1 Å². The van der Waals surface area contributed by atoms with Gasteiger partial charge in [-0.3, -0.25) is 4.79 Å². The second kappa shape index (κ2) is 10.7. The lowest BCUT2D eigenvalue weighted by Crippen LogP contribution is -2.34. The molecule has 0 saturated heterocycles. The van der Waals surface area contributed by atoms with E-state index in [1.807, 2.05) is 27.7 Å². The molecule has 0 fully saturated rings. The number of allylic oxidation sites excluding steroid dienone is 4. The fraction of sp³-hybridized carbons (Fsp3) is 0.368. The summed E-state index contributed by atoms with van der Waals surface area (Å²) in [5, 5.41) is 0.146. The van der Waals surface area contributed by atoms with E-state index in [4.69, 9.17) is 16.3 Å². The molecule has 0 heterocycles. The van der Waals surface area contributed by atoms with Gasteiger partial charge in [-0.2, -0.15) is 0 Å². The van der Waals surface area contributed by atoms with Gasteiger partial charge in [0.05, 0.1) is 5.57 Å². The monoisotopic (exact) mass is 350 g/mol. The van der Waals surface area contributed by atoms with Crippen LogP contribution < -0.4 is 0 Å². The van der Waals surface area contributed by atoms with Crippen LogP contribution in [0.15, 0.2) is 65.2 Å². The highest BCUT2D eigenvalue weighted by atomic mass is 35.5. The fourth-order valence-corrected chi connectivity index (χ4v) is 1.86. The highest BCUT2D eigenvalue weighted by Gasteiger charge is 2.20. The lowest BCUT2D eigenvalue weighted by molar-refractivity contribution is -0.127. The van der Waals surface area contributed by atoms with Crippen molar-refractivity contribution in [2.45, 2.75) is 40.7 Å². The first-order chi connectivity index (χ1) is 11.2. The molecule has 0 aliphatic carbocycles. The molecule has 132 valence electrons. The number of rotatable bonds is 8. The van der Waals surface area contributed by atoms with Crippen LogP contribution in [0.25, 0.3) is 0 Å². The van der Waals surface area contributed by atoms with E-state index in [-0.39, 0.29) is 17.1 Å². The van der Waals surface area contributed by atoms with E-state index in [0.29, 0.717) is 17.1 Å². The molecule has 0 aliphatic rings. The average Bonchev–Trinajstić information content (AvgIpc) is 2.52. The third-order valence-electron chi connectivity index (χ3n) is 3.10.